The van der Waals surface area contributed by atoms with Gasteiger partial charge in [-0.2, -0.15) is 0 Å². The number of nitrogens with two attached hydrogens (primary N) is 1. The van der Waals surface area contributed by atoms with Gasteiger partial charge in [0, 0.05) is 11.6 Å². The molecule has 16 heavy (non-hydrogen) atoms. The van der Waals surface area contributed by atoms with Gasteiger partial charge in [-0.3, -0.25) is 0 Å². The van der Waals surface area contributed by atoms with Crippen LogP contribution in [-0.2, 0) is 0 Å². The van der Waals surface area contributed by atoms with Crippen LogP contribution in [0.5, 0.6) is 0 Å². The highest BCUT2D eigenvalue weighted by Crippen LogP contribution is 2.19. The summed E-state index contributed by atoms with van der Waals surface area (Å²) in [6, 6.07) is 0.504. The van der Waals surface area contributed by atoms with Crippen molar-refractivity contribution in [1.82, 2.24) is 14.9 Å². The van der Waals surface area contributed by atoms with E-state index in [2.05, 4.69) is 27.2 Å². The summed E-state index contributed by atoms with van der Waals surface area (Å²) >= 11 is 0. The Morgan fingerprint density at radius 2 is 2.06 bits per heavy atom. The van der Waals surface area contributed by atoms with E-state index < -0.39 is 0 Å². The second-order valence-electron chi connectivity index (χ2n) is 4.45. The Hall–Kier alpha value is -1.36. The summed E-state index contributed by atoms with van der Waals surface area (Å²) in [6.45, 7) is 4.22. The van der Waals surface area contributed by atoms with Crippen LogP contribution in [0.1, 0.15) is 18.4 Å². The van der Waals surface area contributed by atoms with Crippen molar-refractivity contribution < 1.29 is 0 Å². The summed E-state index contributed by atoms with van der Waals surface area (Å²) in [7, 11) is 2.16. The largest absolute Gasteiger partial charge is 0.383 e. The van der Waals surface area contributed by atoms with Crippen LogP contribution < -0.4 is 11.1 Å². The molecule has 1 aliphatic heterocycles. The van der Waals surface area contributed by atoms with E-state index in [-0.39, 0.29) is 0 Å². The molecular weight excluding hydrogens is 202 g/mol. The maximum atomic E-state index is 5.75. The van der Waals surface area contributed by atoms with Gasteiger partial charge in [0.25, 0.3) is 0 Å². The summed E-state index contributed by atoms with van der Waals surface area (Å²) in [5.41, 5.74) is 6.69. The lowest BCUT2D eigenvalue weighted by Gasteiger charge is -2.30. The summed E-state index contributed by atoms with van der Waals surface area (Å²) in [4.78, 5) is 10.5. The number of piperidine rings is 1. The molecule has 0 atom stereocenters. The molecule has 2 heterocycles. The lowest BCUT2D eigenvalue weighted by atomic mass is 10.1. The first-order valence-electron chi connectivity index (χ1n) is 5.69. The summed E-state index contributed by atoms with van der Waals surface area (Å²) in [5.74, 6) is 1.44. The second-order valence-corrected chi connectivity index (χ2v) is 4.45. The third-order valence-electron chi connectivity index (χ3n) is 3.18. The molecule has 3 N–H and O–H groups in total. The Kier molecular flexibility index (Phi) is 3.24. The van der Waals surface area contributed by atoms with Gasteiger partial charge in [0.1, 0.15) is 18.0 Å². The zero-order chi connectivity index (χ0) is 11.5. The van der Waals surface area contributed by atoms with E-state index in [4.69, 9.17) is 5.73 Å². The lowest BCUT2D eigenvalue weighted by Crippen LogP contribution is -2.37. The molecule has 0 aliphatic carbocycles. The number of likely N-dealkylation sites (tertiary alicyclic amines) is 1. The minimum absolute atomic E-state index is 0.504. The fraction of sp³-hybridized carbons (Fsp3) is 0.636. The molecule has 1 saturated heterocycles. The van der Waals surface area contributed by atoms with Crippen molar-refractivity contribution >= 4 is 11.6 Å². The van der Waals surface area contributed by atoms with Gasteiger partial charge in [0.15, 0.2) is 0 Å². The van der Waals surface area contributed by atoms with Crippen molar-refractivity contribution in [2.45, 2.75) is 25.8 Å². The standard InChI is InChI=1S/C11H19N5/c1-8-10(12)13-7-14-11(8)15-9-3-5-16(2)6-4-9/h7,9H,3-6H2,1-2H3,(H3,12,13,14,15). The molecule has 1 aliphatic rings. The van der Waals surface area contributed by atoms with E-state index in [0.717, 1.165) is 37.3 Å². The van der Waals surface area contributed by atoms with E-state index in [1.807, 2.05) is 6.92 Å². The van der Waals surface area contributed by atoms with Crippen molar-refractivity contribution in [2.24, 2.45) is 0 Å². The lowest BCUT2D eigenvalue weighted by molar-refractivity contribution is 0.263. The molecule has 5 nitrogen and oxygen atoms in total. The highest BCUT2D eigenvalue weighted by atomic mass is 15.1. The highest BCUT2D eigenvalue weighted by molar-refractivity contribution is 5.54. The van der Waals surface area contributed by atoms with Crippen LogP contribution in [0, 0.1) is 6.92 Å². The Bertz CT molecular complexity index is 357. The Morgan fingerprint density at radius 1 is 1.38 bits per heavy atom. The van der Waals surface area contributed by atoms with Gasteiger partial charge in [-0.25, -0.2) is 9.97 Å². The van der Waals surface area contributed by atoms with Crippen molar-refractivity contribution in [3.05, 3.63) is 11.9 Å². The van der Waals surface area contributed by atoms with Gasteiger partial charge in [-0.1, -0.05) is 0 Å². The molecule has 2 rings (SSSR count). The number of anilines is 2. The predicted molar refractivity (Wildman–Crippen MR) is 65.3 cm³/mol. The van der Waals surface area contributed by atoms with Crippen molar-refractivity contribution in [2.75, 3.05) is 31.2 Å². The Balaban J connectivity index is 2.01. The maximum absolute atomic E-state index is 5.75. The third-order valence-corrected chi connectivity index (χ3v) is 3.18. The number of aromatic nitrogens is 2. The fourth-order valence-corrected chi connectivity index (χ4v) is 1.96. The van der Waals surface area contributed by atoms with Crippen LogP contribution in [-0.4, -0.2) is 41.0 Å². The van der Waals surface area contributed by atoms with E-state index in [9.17, 15) is 0 Å². The topological polar surface area (TPSA) is 67.1 Å². The van der Waals surface area contributed by atoms with Crippen LogP contribution >= 0.6 is 0 Å². The van der Waals surface area contributed by atoms with Crippen molar-refractivity contribution in [3.63, 3.8) is 0 Å². The van der Waals surface area contributed by atoms with Crippen molar-refractivity contribution in [1.29, 1.82) is 0 Å². The van der Waals surface area contributed by atoms with Gasteiger partial charge < -0.3 is 16.0 Å². The minimum atomic E-state index is 0.504. The molecular formula is C11H19N5. The van der Waals surface area contributed by atoms with Crippen LogP contribution in [0.3, 0.4) is 0 Å². The number of hydrogen-bond donors (Lipinski definition) is 2. The second kappa shape index (κ2) is 4.65. The number of nitrogens with zero attached hydrogens (tertiary/aromatic N) is 3. The number of nitrogens with one attached hydrogen (secondary N) is 1. The average molecular weight is 221 g/mol. The molecule has 0 bridgehead atoms. The van der Waals surface area contributed by atoms with Crippen molar-refractivity contribution in [3.8, 4) is 0 Å². The smallest absolute Gasteiger partial charge is 0.134 e. The van der Waals surface area contributed by atoms with Crippen LogP contribution in [0.4, 0.5) is 11.6 Å². The molecule has 0 amide bonds. The molecule has 0 aromatic carbocycles. The summed E-state index contributed by atoms with van der Waals surface area (Å²) in [6.07, 6.45) is 3.82. The first-order valence-corrected chi connectivity index (χ1v) is 5.69. The summed E-state index contributed by atoms with van der Waals surface area (Å²) < 4.78 is 0. The molecule has 0 spiro atoms. The zero-order valence-electron chi connectivity index (χ0n) is 9.90. The molecule has 0 radical (unpaired) electrons. The molecule has 5 heteroatoms. The normalized spacial score (nSPS) is 18.6. The van der Waals surface area contributed by atoms with Crippen LogP contribution in [0.25, 0.3) is 0 Å². The van der Waals surface area contributed by atoms with E-state index in [1.54, 1.807) is 0 Å². The average Bonchev–Trinajstić information content (AvgIpc) is 2.28. The molecule has 0 saturated carbocycles. The van der Waals surface area contributed by atoms with E-state index in [1.165, 1.54) is 6.33 Å². The maximum Gasteiger partial charge on any atom is 0.134 e. The predicted octanol–water partition coefficient (Wildman–Crippen LogP) is 0.873. The molecule has 1 aromatic rings. The van der Waals surface area contributed by atoms with Crippen LogP contribution in [0.2, 0.25) is 0 Å². The number of rotatable bonds is 2. The van der Waals surface area contributed by atoms with Gasteiger partial charge >= 0.3 is 0 Å². The summed E-state index contributed by atoms with van der Waals surface area (Å²) in [5, 5.41) is 3.45. The van der Waals surface area contributed by atoms with Gasteiger partial charge in [-0.05, 0) is 39.9 Å². The minimum Gasteiger partial charge on any atom is -0.383 e. The first kappa shape index (κ1) is 11.1. The van der Waals surface area contributed by atoms with E-state index >= 15 is 0 Å². The highest BCUT2D eigenvalue weighted by Gasteiger charge is 2.17. The van der Waals surface area contributed by atoms with Gasteiger partial charge in [-0.15, -0.1) is 0 Å². The molecule has 88 valence electrons. The fourth-order valence-electron chi connectivity index (χ4n) is 1.96. The number of nitrogen functional groups attached to an aromatic ring is 1. The third kappa shape index (κ3) is 2.41. The van der Waals surface area contributed by atoms with E-state index in [0.29, 0.717) is 11.9 Å². The monoisotopic (exact) mass is 221 g/mol. The quantitative estimate of drug-likeness (QED) is 0.775. The zero-order valence-corrected chi connectivity index (χ0v) is 9.90. The Labute approximate surface area is 96.1 Å². The molecule has 1 aromatic heterocycles. The Morgan fingerprint density at radius 3 is 2.75 bits per heavy atom. The SMILES string of the molecule is Cc1c(N)ncnc1NC1CCN(C)CC1. The first-order chi connectivity index (χ1) is 7.66. The molecule has 1 fully saturated rings. The molecule has 0 unspecified atom stereocenters. The van der Waals surface area contributed by atoms with Gasteiger partial charge in [0.05, 0.1) is 0 Å². The number of hydrogen-bond acceptors (Lipinski definition) is 5. The van der Waals surface area contributed by atoms with Gasteiger partial charge in [0.2, 0.25) is 0 Å². The van der Waals surface area contributed by atoms with Crippen LogP contribution in [0.15, 0.2) is 6.33 Å².